The van der Waals surface area contributed by atoms with Crippen LogP contribution in [-0.2, 0) is 6.54 Å². The maximum atomic E-state index is 12.8. The van der Waals surface area contributed by atoms with Crippen LogP contribution in [0.1, 0.15) is 5.56 Å². The van der Waals surface area contributed by atoms with Crippen molar-refractivity contribution in [2.45, 2.75) is 6.54 Å². The van der Waals surface area contributed by atoms with E-state index in [9.17, 15) is 4.79 Å². The zero-order valence-electron chi connectivity index (χ0n) is 12.8. The first kappa shape index (κ1) is 16.1. The molecule has 0 bridgehead atoms. The van der Waals surface area contributed by atoms with Gasteiger partial charge in [-0.2, -0.15) is 4.37 Å². The van der Waals surface area contributed by atoms with Gasteiger partial charge in [0, 0.05) is 10.5 Å². The molecule has 0 saturated carbocycles. The molecule has 0 radical (unpaired) electrons. The topological polar surface area (TPSA) is 60.1 Å². The maximum absolute atomic E-state index is 12.8. The van der Waals surface area contributed by atoms with Crippen molar-refractivity contribution in [3.05, 3.63) is 80.6 Å². The lowest BCUT2D eigenvalue weighted by Crippen LogP contribution is -2.21. The second-order valence-electron chi connectivity index (χ2n) is 5.32. The van der Waals surface area contributed by atoms with Gasteiger partial charge >= 0.3 is 0 Å². The molecule has 4 aromatic rings. The molecule has 124 valence electrons. The Hall–Kier alpha value is -2.35. The van der Waals surface area contributed by atoms with Gasteiger partial charge in [0.05, 0.1) is 29.5 Å². The quantitative estimate of drug-likeness (QED) is 0.502. The molecule has 4 rings (SSSR count). The van der Waals surface area contributed by atoms with E-state index in [4.69, 9.17) is 11.6 Å². The summed E-state index contributed by atoms with van der Waals surface area (Å²) in [6.45, 7) is 0.479. The summed E-state index contributed by atoms with van der Waals surface area (Å²) in [6.07, 6.45) is 1.58. The second-order valence-corrected chi connectivity index (χ2v) is 7.51. The highest BCUT2D eigenvalue weighted by atomic mass is 35.5. The lowest BCUT2D eigenvalue weighted by Gasteiger charge is -2.07. The molecule has 0 N–H and O–H groups in total. The van der Waals surface area contributed by atoms with Crippen molar-refractivity contribution in [2.24, 2.45) is 4.99 Å². The normalized spacial score (nSPS) is 12.0. The molecule has 2 aromatic carbocycles. The van der Waals surface area contributed by atoms with Gasteiger partial charge in [0.25, 0.3) is 5.56 Å². The fourth-order valence-corrected chi connectivity index (χ4v) is 4.44. The van der Waals surface area contributed by atoms with Gasteiger partial charge in [0.15, 0.2) is 9.82 Å². The number of hydrogen-bond donors (Lipinski definition) is 0. The molecule has 0 fully saturated rings. The summed E-state index contributed by atoms with van der Waals surface area (Å²) in [5.41, 5.74) is 2.25. The zero-order valence-corrected chi connectivity index (χ0v) is 15.2. The van der Waals surface area contributed by atoms with Crippen LogP contribution in [0.25, 0.3) is 10.9 Å². The fourth-order valence-electron chi connectivity index (χ4n) is 2.45. The van der Waals surface area contributed by atoms with E-state index in [2.05, 4.69) is 14.3 Å². The van der Waals surface area contributed by atoms with Crippen LogP contribution in [0, 0.1) is 0 Å². The van der Waals surface area contributed by atoms with Crippen LogP contribution in [0.2, 0.25) is 5.15 Å². The third-order valence-electron chi connectivity index (χ3n) is 3.64. The highest BCUT2D eigenvalue weighted by Crippen LogP contribution is 2.18. The maximum Gasteiger partial charge on any atom is 0.261 e. The number of rotatable bonds is 3. The van der Waals surface area contributed by atoms with E-state index in [1.807, 2.05) is 36.4 Å². The zero-order chi connectivity index (χ0) is 17.2. The monoisotopic (exact) mass is 386 g/mol. The standard InChI is InChI=1S/C17H11ClN4OS2/c18-15-16(24-25-21-15)20-12-6-7-14-13(8-12)17(23)22(10-19-14)9-11-4-2-1-3-5-11/h1-8,10H,9H2. The van der Waals surface area contributed by atoms with Gasteiger partial charge in [-0.25, -0.2) is 9.98 Å². The molecule has 0 unspecified atom stereocenters. The largest absolute Gasteiger partial charge is 0.294 e. The first-order chi connectivity index (χ1) is 12.2. The Labute approximate surface area is 155 Å². The molecule has 0 aliphatic rings. The number of hydrogen-bond acceptors (Lipinski definition) is 6. The Kier molecular flexibility index (Phi) is 4.44. The molecule has 0 amide bonds. The first-order valence-corrected chi connectivity index (χ1v) is 9.88. The number of halogens is 1. The molecular weight excluding hydrogens is 376 g/mol. The smallest absolute Gasteiger partial charge is 0.261 e. The van der Waals surface area contributed by atoms with Crippen LogP contribution >= 0.6 is 32.5 Å². The molecule has 5 nitrogen and oxygen atoms in total. The molecular formula is C17H11ClN4OS2. The molecule has 0 saturated heterocycles. The van der Waals surface area contributed by atoms with E-state index in [0.717, 1.165) is 5.56 Å². The Morgan fingerprint density at radius 2 is 2.00 bits per heavy atom. The van der Waals surface area contributed by atoms with Crippen LogP contribution in [0.4, 0.5) is 5.69 Å². The molecule has 2 heterocycles. The van der Waals surface area contributed by atoms with Crippen LogP contribution in [-0.4, -0.2) is 13.9 Å². The molecule has 0 aliphatic carbocycles. The highest BCUT2D eigenvalue weighted by molar-refractivity contribution is 7.66. The summed E-state index contributed by atoms with van der Waals surface area (Å²) in [4.78, 5) is 21.6. The number of fused-ring (bicyclic) bond motifs is 1. The van der Waals surface area contributed by atoms with E-state index >= 15 is 0 Å². The lowest BCUT2D eigenvalue weighted by atomic mass is 10.2. The first-order valence-electron chi connectivity index (χ1n) is 7.40. The summed E-state index contributed by atoms with van der Waals surface area (Å²) in [5.74, 6) is 0. The minimum absolute atomic E-state index is 0.0934. The Morgan fingerprint density at radius 3 is 2.76 bits per heavy atom. The summed E-state index contributed by atoms with van der Waals surface area (Å²) in [5, 5.41) is 0.909. The van der Waals surface area contributed by atoms with Crippen molar-refractivity contribution in [3.63, 3.8) is 0 Å². The average molecular weight is 387 g/mol. The van der Waals surface area contributed by atoms with E-state index in [-0.39, 0.29) is 5.56 Å². The lowest BCUT2D eigenvalue weighted by molar-refractivity contribution is 0.748. The number of benzene rings is 2. The summed E-state index contributed by atoms with van der Waals surface area (Å²) >= 11 is 5.99. The molecule has 2 aromatic heterocycles. The van der Waals surface area contributed by atoms with Crippen molar-refractivity contribution < 1.29 is 0 Å². The summed E-state index contributed by atoms with van der Waals surface area (Å²) in [7, 11) is 2.68. The van der Waals surface area contributed by atoms with Crippen LogP contribution in [0.15, 0.2) is 64.6 Å². The Morgan fingerprint density at radius 1 is 1.16 bits per heavy atom. The van der Waals surface area contributed by atoms with Gasteiger partial charge in [-0.3, -0.25) is 9.36 Å². The van der Waals surface area contributed by atoms with Crippen molar-refractivity contribution in [3.8, 4) is 0 Å². The van der Waals surface area contributed by atoms with Gasteiger partial charge in [0.1, 0.15) is 0 Å². The van der Waals surface area contributed by atoms with Crippen LogP contribution < -0.4 is 10.2 Å². The van der Waals surface area contributed by atoms with Crippen molar-refractivity contribution >= 4 is 49.1 Å². The predicted octanol–water partition coefficient (Wildman–Crippen LogP) is 3.85. The van der Waals surface area contributed by atoms with Crippen molar-refractivity contribution in [1.82, 2.24) is 13.9 Å². The minimum atomic E-state index is -0.0934. The van der Waals surface area contributed by atoms with Crippen molar-refractivity contribution in [2.75, 3.05) is 0 Å². The predicted molar refractivity (Wildman–Crippen MR) is 102 cm³/mol. The average Bonchev–Trinajstić information content (AvgIpc) is 3.03. The van der Waals surface area contributed by atoms with E-state index < -0.39 is 0 Å². The molecule has 0 aliphatic heterocycles. The second kappa shape index (κ2) is 6.87. The van der Waals surface area contributed by atoms with Gasteiger partial charge < -0.3 is 0 Å². The highest BCUT2D eigenvalue weighted by Gasteiger charge is 2.06. The van der Waals surface area contributed by atoms with Crippen molar-refractivity contribution in [1.29, 1.82) is 0 Å². The third kappa shape index (κ3) is 3.39. The summed E-state index contributed by atoms with van der Waals surface area (Å²) in [6, 6.07) is 15.2. The fraction of sp³-hybridized carbons (Fsp3) is 0.0588. The van der Waals surface area contributed by atoms with Gasteiger partial charge in [-0.05, 0) is 34.1 Å². The van der Waals surface area contributed by atoms with E-state index in [1.165, 1.54) is 20.9 Å². The van der Waals surface area contributed by atoms with Crippen LogP contribution in [0.3, 0.4) is 0 Å². The Balaban J connectivity index is 1.80. The van der Waals surface area contributed by atoms with Gasteiger partial charge in [-0.1, -0.05) is 41.9 Å². The Bertz CT molecular complexity index is 1160. The van der Waals surface area contributed by atoms with Gasteiger partial charge in [-0.15, -0.1) is 0 Å². The van der Waals surface area contributed by atoms with E-state index in [1.54, 1.807) is 23.0 Å². The number of nitrogens with zero attached hydrogens (tertiary/aromatic N) is 4. The molecule has 0 spiro atoms. The third-order valence-corrected chi connectivity index (χ3v) is 5.81. The molecule has 25 heavy (non-hydrogen) atoms. The minimum Gasteiger partial charge on any atom is -0.294 e. The molecule has 8 heteroatoms. The van der Waals surface area contributed by atoms with E-state index in [0.29, 0.717) is 33.0 Å². The van der Waals surface area contributed by atoms with Crippen LogP contribution in [0.5, 0.6) is 0 Å². The number of aromatic nitrogens is 3. The summed E-state index contributed by atoms with van der Waals surface area (Å²) < 4.78 is 6.25. The SMILES string of the molecule is O=c1c2cc(N=c3ssnc3Cl)ccc2ncn1Cc1ccccc1. The van der Waals surface area contributed by atoms with Gasteiger partial charge in [0.2, 0.25) is 0 Å². The molecule has 0 atom stereocenters.